The summed E-state index contributed by atoms with van der Waals surface area (Å²) in [6, 6.07) is 6.97. The molecule has 0 amide bonds. The van der Waals surface area contributed by atoms with E-state index in [1.165, 1.54) is 16.7 Å². The Morgan fingerprint density at radius 3 is 2.62 bits per heavy atom. The summed E-state index contributed by atoms with van der Waals surface area (Å²) in [5.41, 5.74) is 3.88. The number of nitrogens with one attached hydrogen (secondary N) is 1. The molecular formula is C14H20BrN. The molecule has 0 spiro atoms. The van der Waals surface area contributed by atoms with Crippen LogP contribution in [0.5, 0.6) is 0 Å². The van der Waals surface area contributed by atoms with E-state index in [4.69, 9.17) is 0 Å². The Labute approximate surface area is 107 Å². The lowest BCUT2D eigenvalue weighted by Crippen LogP contribution is -2.16. The maximum Gasteiger partial charge on any atom is 0.0321 e. The minimum absolute atomic E-state index is 0.410. The Morgan fingerprint density at radius 1 is 1.44 bits per heavy atom. The second-order valence-electron chi connectivity index (χ2n) is 4.40. The molecule has 1 aromatic carbocycles. The van der Waals surface area contributed by atoms with Crippen molar-refractivity contribution >= 4 is 15.9 Å². The summed E-state index contributed by atoms with van der Waals surface area (Å²) in [6.07, 6.45) is 2.17. The molecule has 0 saturated carbocycles. The first-order valence-electron chi connectivity index (χ1n) is 5.61. The average molecular weight is 282 g/mol. The van der Waals surface area contributed by atoms with E-state index in [0.29, 0.717) is 6.04 Å². The van der Waals surface area contributed by atoms with Crippen LogP contribution in [0.25, 0.3) is 0 Å². The van der Waals surface area contributed by atoms with Crippen LogP contribution in [0.15, 0.2) is 34.8 Å². The molecule has 0 aliphatic heterocycles. The van der Waals surface area contributed by atoms with E-state index in [2.05, 4.69) is 59.9 Å². The molecule has 88 valence electrons. The van der Waals surface area contributed by atoms with Crippen LogP contribution >= 0.6 is 15.9 Å². The summed E-state index contributed by atoms with van der Waals surface area (Å²) < 4.78 is 1.15. The van der Waals surface area contributed by atoms with Crippen molar-refractivity contribution in [1.29, 1.82) is 0 Å². The number of allylic oxidation sites excluding steroid dienone is 1. The molecule has 1 unspecified atom stereocenters. The fourth-order valence-electron chi connectivity index (χ4n) is 1.83. The van der Waals surface area contributed by atoms with Gasteiger partial charge in [0, 0.05) is 10.5 Å². The average Bonchev–Trinajstić information content (AvgIpc) is 2.16. The predicted octanol–water partition coefficient (Wildman–Crippen LogP) is 4.37. The zero-order valence-corrected chi connectivity index (χ0v) is 11.9. The number of aryl methyl sites for hydroxylation is 1. The summed E-state index contributed by atoms with van der Waals surface area (Å²) in [7, 11) is 2.01. The van der Waals surface area contributed by atoms with Gasteiger partial charge in [-0.05, 0) is 57.0 Å². The summed E-state index contributed by atoms with van der Waals surface area (Å²) in [4.78, 5) is 0. The monoisotopic (exact) mass is 281 g/mol. The van der Waals surface area contributed by atoms with Gasteiger partial charge in [-0.3, -0.25) is 0 Å². The highest BCUT2D eigenvalue weighted by molar-refractivity contribution is 9.10. The predicted molar refractivity (Wildman–Crippen MR) is 74.7 cm³/mol. The molecule has 0 aliphatic carbocycles. The smallest absolute Gasteiger partial charge is 0.0321 e. The van der Waals surface area contributed by atoms with Gasteiger partial charge in [0.05, 0.1) is 0 Å². The van der Waals surface area contributed by atoms with Crippen molar-refractivity contribution in [2.45, 2.75) is 32.7 Å². The maximum absolute atomic E-state index is 3.95. The highest BCUT2D eigenvalue weighted by Crippen LogP contribution is 2.24. The second-order valence-corrected chi connectivity index (χ2v) is 5.31. The van der Waals surface area contributed by atoms with Crippen molar-refractivity contribution in [3.63, 3.8) is 0 Å². The maximum atomic E-state index is 3.95. The van der Waals surface area contributed by atoms with Gasteiger partial charge in [-0.25, -0.2) is 0 Å². The van der Waals surface area contributed by atoms with E-state index in [0.717, 1.165) is 17.3 Å². The molecule has 1 N–H and O–H groups in total. The molecule has 16 heavy (non-hydrogen) atoms. The lowest BCUT2D eigenvalue weighted by atomic mass is 9.99. The van der Waals surface area contributed by atoms with Gasteiger partial charge in [0.15, 0.2) is 0 Å². The number of hydrogen-bond donors (Lipinski definition) is 1. The third kappa shape index (κ3) is 4.11. The summed E-state index contributed by atoms with van der Waals surface area (Å²) >= 11 is 3.55. The van der Waals surface area contributed by atoms with E-state index in [9.17, 15) is 0 Å². The van der Waals surface area contributed by atoms with Gasteiger partial charge in [-0.15, -0.1) is 6.58 Å². The van der Waals surface area contributed by atoms with E-state index >= 15 is 0 Å². The fourth-order valence-corrected chi connectivity index (χ4v) is 2.46. The minimum Gasteiger partial charge on any atom is -0.313 e. The summed E-state index contributed by atoms with van der Waals surface area (Å²) in [5.74, 6) is 0. The molecule has 1 atom stereocenters. The molecule has 0 heterocycles. The number of rotatable bonds is 5. The zero-order valence-electron chi connectivity index (χ0n) is 10.3. The van der Waals surface area contributed by atoms with Crippen LogP contribution in [0.1, 0.15) is 36.9 Å². The Balaban J connectivity index is 2.81. The second kappa shape index (κ2) is 6.21. The molecule has 1 nitrogen and oxygen atoms in total. The van der Waals surface area contributed by atoms with E-state index in [1.54, 1.807) is 0 Å². The van der Waals surface area contributed by atoms with Crippen LogP contribution in [0.4, 0.5) is 0 Å². The normalized spacial score (nSPS) is 12.5. The van der Waals surface area contributed by atoms with E-state index in [-0.39, 0.29) is 0 Å². The van der Waals surface area contributed by atoms with Crippen LogP contribution in [0.3, 0.4) is 0 Å². The van der Waals surface area contributed by atoms with Gasteiger partial charge in [-0.1, -0.05) is 27.6 Å². The molecule has 0 aliphatic rings. The highest BCUT2D eigenvalue weighted by Gasteiger charge is 2.09. The van der Waals surface area contributed by atoms with Gasteiger partial charge in [0.25, 0.3) is 0 Å². The molecule has 1 aromatic rings. The van der Waals surface area contributed by atoms with Crippen LogP contribution in [0.2, 0.25) is 0 Å². The van der Waals surface area contributed by atoms with Crippen LogP contribution in [-0.2, 0) is 0 Å². The highest BCUT2D eigenvalue weighted by atomic mass is 79.9. The molecule has 0 fully saturated rings. The number of halogens is 1. The zero-order chi connectivity index (χ0) is 12.1. The van der Waals surface area contributed by atoms with Gasteiger partial charge < -0.3 is 5.32 Å². The number of benzene rings is 1. The van der Waals surface area contributed by atoms with Gasteiger partial charge >= 0.3 is 0 Å². The molecule has 0 radical (unpaired) electrons. The molecular weight excluding hydrogens is 262 g/mol. The SMILES string of the molecule is C=C(C)CCC(NC)c1cc(C)cc(Br)c1. The molecule has 0 bridgehead atoms. The van der Waals surface area contributed by atoms with Crippen molar-refractivity contribution in [1.82, 2.24) is 5.32 Å². The molecule has 2 heteroatoms. The fraction of sp³-hybridized carbons (Fsp3) is 0.429. The third-order valence-electron chi connectivity index (χ3n) is 2.68. The Morgan fingerprint density at radius 2 is 2.12 bits per heavy atom. The lowest BCUT2D eigenvalue weighted by Gasteiger charge is -2.17. The van der Waals surface area contributed by atoms with Crippen LogP contribution in [-0.4, -0.2) is 7.05 Å². The largest absolute Gasteiger partial charge is 0.313 e. The minimum atomic E-state index is 0.410. The Hall–Kier alpha value is -0.600. The molecule has 1 rings (SSSR count). The van der Waals surface area contributed by atoms with Crippen LogP contribution < -0.4 is 5.32 Å². The Bertz CT molecular complexity index is 351. The first-order valence-corrected chi connectivity index (χ1v) is 6.41. The first-order chi connectivity index (χ1) is 7.52. The number of hydrogen-bond acceptors (Lipinski definition) is 1. The van der Waals surface area contributed by atoms with Crippen molar-refractivity contribution in [2.75, 3.05) is 7.05 Å². The summed E-state index contributed by atoms with van der Waals surface area (Å²) in [6.45, 7) is 8.16. The van der Waals surface area contributed by atoms with Gasteiger partial charge in [0.2, 0.25) is 0 Å². The standard InChI is InChI=1S/C14H20BrN/c1-10(2)5-6-14(16-4)12-7-11(3)8-13(15)9-12/h7-9,14,16H,1,5-6H2,2-4H3. The van der Waals surface area contributed by atoms with Gasteiger partial charge in [-0.2, -0.15) is 0 Å². The van der Waals surface area contributed by atoms with E-state index in [1.807, 2.05) is 7.05 Å². The van der Waals surface area contributed by atoms with Crippen LogP contribution in [0, 0.1) is 6.92 Å². The molecule has 0 aromatic heterocycles. The third-order valence-corrected chi connectivity index (χ3v) is 3.13. The van der Waals surface area contributed by atoms with Crippen molar-refractivity contribution in [2.24, 2.45) is 0 Å². The quantitative estimate of drug-likeness (QED) is 0.790. The van der Waals surface area contributed by atoms with Crippen molar-refractivity contribution in [3.8, 4) is 0 Å². The topological polar surface area (TPSA) is 12.0 Å². The summed E-state index contributed by atoms with van der Waals surface area (Å²) in [5, 5.41) is 3.37. The first kappa shape index (κ1) is 13.5. The Kier molecular flexibility index (Phi) is 5.23. The van der Waals surface area contributed by atoms with Crippen molar-refractivity contribution in [3.05, 3.63) is 46.0 Å². The lowest BCUT2D eigenvalue weighted by molar-refractivity contribution is 0.548. The molecule has 0 saturated heterocycles. The van der Waals surface area contributed by atoms with Crippen molar-refractivity contribution < 1.29 is 0 Å². The van der Waals surface area contributed by atoms with Gasteiger partial charge in [0.1, 0.15) is 0 Å². The van der Waals surface area contributed by atoms with E-state index < -0.39 is 0 Å².